The summed E-state index contributed by atoms with van der Waals surface area (Å²) in [4.78, 5) is 42.7. The molecule has 120 valence electrons. The van der Waals surface area contributed by atoms with E-state index in [0.717, 1.165) is 0 Å². The van der Waals surface area contributed by atoms with Crippen LogP contribution in [0.4, 0.5) is 11.5 Å². The Balaban J connectivity index is 2.38. The SMILES string of the molecule is CCC(=O)Nc1nc(SC)[nH]c(=O)c1NC(=O)c1ccccc1. The van der Waals surface area contributed by atoms with Crippen LogP contribution in [0.15, 0.2) is 40.3 Å². The molecule has 0 spiro atoms. The third-order valence-electron chi connectivity index (χ3n) is 2.94. The molecule has 0 saturated heterocycles. The monoisotopic (exact) mass is 332 g/mol. The van der Waals surface area contributed by atoms with Crippen molar-refractivity contribution < 1.29 is 9.59 Å². The molecule has 1 aromatic carbocycles. The minimum Gasteiger partial charge on any atom is -0.314 e. The molecule has 0 aliphatic rings. The summed E-state index contributed by atoms with van der Waals surface area (Å²) in [6, 6.07) is 8.46. The third kappa shape index (κ3) is 4.19. The molecule has 0 saturated carbocycles. The maximum Gasteiger partial charge on any atom is 0.277 e. The van der Waals surface area contributed by atoms with Crippen molar-refractivity contribution in [3.05, 3.63) is 46.2 Å². The number of anilines is 2. The second kappa shape index (κ2) is 7.59. The van der Waals surface area contributed by atoms with Gasteiger partial charge in [0.2, 0.25) is 5.91 Å². The molecule has 23 heavy (non-hydrogen) atoms. The van der Waals surface area contributed by atoms with E-state index in [1.54, 1.807) is 43.5 Å². The summed E-state index contributed by atoms with van der Waals surface area (Å²) >= 11 is 1.23. The lowest BCUT2D eigenvalue weighted by atomic mass is 10.2. The van der Waals surface area contributed by atoms with Crippen molar-refractivity contribution in [3.8, 4) is 0 Å². The van der Waals surface area contributed by atoms with Crippen molar-refractivity contribution in [1.29, 1.82) is 0 Å². The van der Waals surface area contributed by atoms with Crippen molar-refractivity contribution in [2.75, 3.05) is 16.9 Å². The van der Waals surface area contributed by atoms with Gasteiger partial charge in [-0.2, -0.15) is 0 Å². The van der Waals surface area contributed by atoms with Crippen LogP contribution >= 0.6 is 11.8 Å². The van der Waals surface area contributed by atoms with Gasteiger partial charge in [0, 0.05) is 12.0 Å². The normalized spacial score (nSPS) is 10.2. The van der Waals surface area contributed by atoms with Crippen LogP contribution < -0.4 is 16.2 Å². The number of thioether (sulfide) groups is 1. The summed E-state index contributed by atoms with van der Waals surface area (Å²) < 4.78 is 0. The van der Waals surface area contributed by atoms with Crippen LogP contribution in [0, 0.1) is 0 Å². The van der Waals surface area contributed by atoms with Gasteiger partial charge in [0.05, 0.1) is 0 Å². The molecule has 0 bridgehead atoms. The number of H-pyrrole nitrogens is 1. The number of hydrogen-bond donors (Lipinski definition) is 3. The van der Waals surface area contributed by atoms with Gasteiger partial charge in [-0.1, -0.05) is 36.9 Å². The zero-order chi connectivity index (χ0) is 16.8. The van der Waals surface area contributed by atoms with Crippen molar-refractivity contribution in [2.24, 2.45) is 0 Å². The smallest absolute Gasteiger partial charge is 0.277 e. The lowest BCUT2D eigenvalue weighted by Gasteiger charge is -2.11. The van der Waals surface area contributed by atoms with Gasteiger partial charge < -0.3 is 10.6 Å². The zero-order valence-corrected chi connectivity index (χ0v) is 13.5. The van der Waals surface area contributed by atoms with Gasteiger partial charge in [-0.25, -0.2) is 4.98 Å². The number of nitrogens with one attached hydrogen (secondary N) is 3. The number of carbonyl (C=O) groups excluding carboxylic acids is 2. The number of hydrogen-bond acceptors (Lipinski definition) is 5. The molecular formula is C15H16N4O3S. The van der Waals surface area contributed by atoms with E-state index < -0.39 is 11.5 Å². The molecule has 7 nitrogen and oxygen atoms in total. The number of aromatic amines is 1. The zero-order valence-electron chi connectivity index (χ0n) is 12.7. The summed E-state index contributed by atoms with van der Waals surface area (Å²) in [5, 5.41) is 5.39. The van der Waals surface area contributed by atoms with Crippen molar-refractivity contribution in [3.63, 3.8) is 0 Å². The summed E-state index contributed by atoms with van der Waals surface area (Å²) in [6.07, 6.45) is 1.97. The number of rotatable bonds is 5. The van der Waals surface area contributed by atoms with Gasteiger partial charge in [0.25, 0.3) is 11.5 Å². The third-order valence-corrected chi connectivity index (χ3v) is 3.52. The summed E-state index contributed by atoms with van der Waals surface area (Å²) in [5.74, 6) is -0.721. The highest BCUT2D eigenvalue weighted by Gasteiger charge is 2.16. The number of carbonyl (C=O) groups is 2. The Labute approximate surface area is 136 Å². The molecule has 1 heterocycles. The molecule has 0 atom stereocenters. The second-order valence-electron chi connectivity index (χ2n) is 4.52. The first-order chi connectivity index (χ1) is 11.0. The first-order valence-corrected chi connectivity index (χ1v) is 8.12. The fourth-order valence-electron chi connectivity index (χ4n) is 1.75. The molecule has 0 aliphatic carbocycles. The van der Waals surface area contributed by atoms with Gasteiger partial charge in [-0.15, -0.1) is 0 Å². The Morgan fingerprint density at radius 3 is 2.52 bits per heavy atom. The lowest BCUT2D eigenvalue weighted by molar-refractivity contribution is -0.115. The largest absolute Gasteiger partial charge is 0.314 e. The average Bonchev–Trinajstić information content (AvgIpc) is 2.57. The van der Waals surface area contributed by atoms with Crippen LogP contribution in [0.1, 0.15) is 23.7 Å². The first kappa shape index (κ1) is 16.8. The summed E-state index contributed by atoms with van der Waals surface area (Å²) in [6.45, 7) is 1.68. The molecular weight excluding hydrogens is 316 g/mol. The molecule has 0 fully saturated rings. The van der Waals surface area contributed by atoms with Crippen LogP contribution in [0.25, 0.3) is 0 Å². The van der Waals surface area contributed by atoms with Crippen LogP contribution in [0.2, 0.25) is 0 Å². The molecule has 3 N–H and O–H groups in total. The van der Waals surface area contributed by atoms with Crippen molar-refractivity contribution in [2.45, 2.75) is 18.5 Å². The number of benzene rings is 1. The number of nitrogens with zero attached hydrogens (tertiary/aromatic N) is 1. The molecule has 2 aromatic rings. The highest BCUT2D eigenvalue weighted by molar-refractivity contribution is 7.98. The fraction of sp³-hybridized carbons (Fsp3) is 0.200. The molecule has 1 aromatic heterocycles. The first-order valence-electron chi connectivity index (χ1n) is 6.89. The predicted octanol–water partition coefficient (Wildman–Crippen LogP) is 2.09. The van der Waals surface area contributed by atoms with E-state index in [2.05, 4.69) is 20.6 Å². The summed E-state index contributed by atoms with van der Waals surface area (Å²) in [7, 11) is 0. The second-order valence-corrected chi connectivity index (χ2v) is 5.32. The Bertz CT molecular complexity index is 774. The minimum atomic E-state index is -0.528. The van der Waals surface area contributed by atoms with E-state index in [-0.39, 0.29) is 23.8 Å². The molecule has 2 rings (SSSR count). The van der Waals surface area contributed by atoms with E-state index in [0.29, 0.717) is 10.7 Å². The lowest BCUT2D eigenvalue weighted by Crippen LogP contribution is -2.24. The van der Waals surface area contributed by atoms with Gasteiger partial charge in [-0.3, -0.25) is 19.4 Å². The van der Waals surface area contributed by atoms with Crippen molar-refractivity contribution in [1.82, 2.24) is 9.97 Å². The maximum absolute atomic E-state index is 12.2. The summed E-state index contributed by atoms with van der Waals surface area (Å²) in [5.41, 5.74) is -0.216. The van der Waals surface area contributed by atoms with E-state index in [1.165, 1.54) is 11.8 Å². The van der Waals surface area contributed by atoms with Gasteiger partial charge in [0.15, 0.2) is 16.7 Å². The van der Waals surface area contributed by atoms with Crippen LogP contribution in [-0.2, 0) is 4.79 Å². The number of aromatic nitrogens is 2. The standard InChI is InChI=1S/C15H16N4O3S/c1-3-10(20)16-12-11(14(22)19-15(18-12)23-2)17-13(21)9-7-5-4-6-8-9/h4-8H,3H2,1-2H3,(H,17,21)(H2,16,18,19,20,22). The fourth-order valence-corrected chi connectivity index (χ4v) is 2.13. The maximum atomic E-state index is 12.2. The van der Waals surface area contributed by atoms with Crippen LogP contribution in [0.3, 0.4) is 0 Å². The topological polar surface area (TPSA) is 104 Å². The number of amides is 2. The Morgan fingerprint density at radius 2 is 1.91 bits per heavy atom. The highest BCUT2D eigenvalue weighted by Crippen LogP contribution is 2.18. The van der Waals surface area contributed by atoms with Gasteiger partial charge >= 0.3 is 0 Å². The molecule has 8 heteroatoms. The quantitative estimate of drug-likeness (QED) is 0.574. The molecule has 0 radical (unpaired) electrons. The predicted molar refractivity (Wildman–Crippen MR) is 90.0 cm³/mol. The Morgan fingerprint density at radius 1 is 1.22 bits per heavy atom. The van der Waals surface area contributed by atoms with E-state index in [4.69, 9.17) is 0 Å². The van der Waals surface area contributed by atoms with E-state index >= 15 is 0 Å². The van der Waals surface area contributed by atoms with Gasteiger partial charge in [-0.05, 0) is 18.4 Å². The Hall–Kier alpha value is -2.61. The molecule has 0 aliphatic heterocycles. The molecule has 2 amide bonds. The van der Waals surface area contributed by atoms with E-state index in [9.17, 15) is 14.4 Å². The minimum absolute atomic E-state index is 0.0363. The Kier molecular flexibility index (Phi) is 5.53. The van der Waals surface area contributed by atoms with Crippen LogP contribution in [-0.4, -0.2) is 28.0 Å². The molecule has 0 unspecified atom stereocenters. The van der Waals surface area contributed by atoms with Crippen LogP contribution in [0.5, 0.6) is 0 Å². The van der Waals surface area contributed by atoms with Gasteiger partial charge in [0.1, 0.15) is 0 Å². The van der Waals surface area contributed by atoms with E-state index in [1.807, 2.05) is 0 Å². The highest BCUT2D eigenvalue weighted by atomic mass is 32.2. The van der Waals surface area contributed by atoms with Crippen molar-refractivity contribution >= 4 is 35.1 Å². The average molecular weight is 332 g/mol.